The summed E-state index contributed by atoms with van der Waals surface area (Å²) in [4.78, 5) is 12.0. The fourth-order valence-electron chi connectivity index (χ4n) is 4.66. The Morgan fingerprint density at radius 1 is 0.944 bits per heavy atom. The van der Waals surface area contributed by atoms with Crippen molar-refractivity contribution < 1.29 is 9.53 Å². The van der Waals surface area contributed by atoms with Crippen LogP contribution in [0.2, 0.25) is 0 Å². The van der Waals surface area contributed by atoms with Crippen LogP contribution in [-0.2, 0) is 9.53 Å². The van der Waals surface area contributed by atoms with Crippen LogP contribution in [0.4, 0.5) is 0 Å². The Hall–Kier alpha value is -2.09. The Kier molecular flexibility index (Phi) is 16.9. The third kappa shape index (κ3) is 15.1. The first kappa shape index (κ1) is 31.9. The minimum absolute atomic E-state index is 0.0852. The molecule has 0 spiro atoms. The van der Waals surface area contributed by atoms with E-state index in [1.54, 1.807) is 0 Å². The summed E-state index contributed by atoms with van der Waals surface area (Å²) in [6, 6.07) is 0. The lowest BCUT2D eigenvalue weighted by molar-refractivity contribution is -0.142. The van der Waals surface area contributed by atoms with E-state index in [2.05, 4.69) is 77.2 Å². The molecule has 36 heavy (non-hydrogen) atoms. The zero-order valence-corrected chi connectivity index (χ0v) is 24.3. The zero-order valence-electron chi connectivity index (χ0n) is 24.3. The van der Waals surface area contributed by atoms with Crippen LogP contribution >= 0.6 is 0 Å². The molecule has 0 aromatic heterocycles. The molecule has 0 aliphatic heterocycles. The number of allylic oxidation sites excluding steroid dienone is 11. The molecular formula is C34H54O2. The smallest absolute Gasteiger partial charge is 0.306 e. The van der Waals surface area contributed by atoms with Gasteiger partial charge in [0.05, 0.1) is 0 Å². The summed E-state index contributed by atoms with van der Waals surface area (Å²) in [5.74, 6) is -0.0852. The molecule has 0 aromatic carbocycles. The van der Waals surface area contributed by atoms with Gasteiger partial charge in [-0.2, -0.15) is 0 Å². The molecule has 202 valence electrons. The highest BCUT2D eigenvalue weighted by molar-refractivity contribution is 5.69. The van der Waals surface area contributed by atoms with Crippen molar-refractivity contribution in [2.75, 3.05) is 6.61 Å². The number of ether oxygens (including phenoxy) is 1. The molecular weight excluding hydrogens is 440 g/mol. The van der Waals surface area contributed by atoms with Crippen LogP contribution in [0.3, 0.4) is 0 Å². The van der Waals surface area contributed by atoms with Gasteiger partial charge in [0, 0.05) is 6.42 Å². The van der Waals surface area contributed by atoms with Crippen molar-refractivity contribution in [3.8, 4) is 0 Å². The maximum Gasteiger partial charge on any atom is 0.306 e. The van der Waals surface area contributed by atoms with E-state index in [-0.39, 0.29) is 11.4 Å². The van der Waals surface area contributed by atoms with Gasteiger partial charge in [0.25, 0.3) is 0 Å². The lowest BCUT2D eigenvalue weighted by Gasteiger charge is -2.32. The molecule has 0 bridgehead atoms. The Bertz CT molecular complexity index is 814. The van der Waals surface area contributed by atoms with E-state index >= 15 is 0 Å². The van der Waals surface area contributed by atoms with Crippen LogP contribution in [0.1, 0.15) is 125 Å². The van der Waals surface area contributed by atoms with Gasteiger partial charge in [0.15, 0.2) is 0 Å². The second-order valence-corrected chi connectivity index (χ2v) is 11.1. The normalized spacial score (nSPS) is 17.2. The Labute approximate surface area is 223 Å². The second-order valence-electron chi connectivity index (χ2n) is 11.1. The van der Waals surface area contributed by atoms with Crippen LogP contribution in [0.25, 0.3) is 0 Å². The van der Waals surface area contributed by atoms with Gasteiger partial charge in [-0.3, -0.25) is 4.79 Å². The summed E-state index contributed by atoms with van der Waals surface area (Å²) in [5, 5.41) is 0. The zero-order chi connectivity index (χ0) is 26.7. The third-order valence-electron chi connectivity index (χ3n) is 7.07. The van der Waals surface area contributed by atoms with Crippen molar-refractivity contribution in [3.63, 3.8) is 0 Å². The molecule has 2 nitrogen and oxygen atoms in total. The molecule has 1 rings (SSSR count). The molecule has 0 unspecified atom stereocenters. The highest BCUT2D eigenvalue weighted by Gasteiger charge is 2.26. The Morgan fingerprint density at radius 2 is 1.64 bits per heavy atom. The number of hydrogen-bond donors (Lipinski definition) is 0. The third-order valence-corrected chi connectivity index (χ3v) is 7.07. The maximum atomic E-state index is 12.0. The van der Waals surface area contributed by atoms with Gasteiger partial charge < -0.3 is 4.74 Å². The fourth-order valence-corrected chi connectivity index (χ4v) is 4.66. The summed E-state index contributed by atoms with van der Waals surface area (Å²) < 4.78 is 5.38. The largest absolute Gasteiger partial charge is 0.461 e. The highest BCUT2D eigenvalue weighted by atomic mass is 16.5. The van der Waals surface area contributed by atoms with Crippen LogP contribution < -0.4 is 0 Å². The number of esters is 1. The first-order valence-electron chi connectivity index (χ1n) is 14.5. The quantitative estimate of drug-likeness (QED) is 0.0869. The van der Waals surface area contributed by atoms with Crippen LogP contribution in [0.5, 0.6) is 0 Å². The molecule has 0 amide bonds. The summed E-state index contributed by atoms with van der Waals surface area (Å²) in [6.45, 7) is 13.7. The SMILES string of the molecule is CCCC/C=C\CCCCCCCC(=O)OC/C=C(C)/C=C/C=C(C)/C=C/C1=C(C)CCCC1(C)C. The van der Waals surface area contributed by atoms with Gasteiger partial charge in [0.2, 0.25) is 0 Å². The van der Waals surface area contributed by atoms with Crippen LogP contribution in [-0.4, -0.2) is 12.6 Å². The van der Waals surface area contributed by atoms with Crippen molar-refractivity contribution in [2.45, 2.75) is 125 Å². The lowest BCUT2D eigenvalue weighted by atomic mass is 9.72. The monoisotopic (exact) mass is 494 g/mol. The van der Waals surface area contributed by atoms with Crippen LogP contribution in [0.15, 0.2) is 70.9 Å². The van der Waals surface area contributed by atoms with Crippen LogP contribution in [0, 0.1) is 5.41 Å². The number of carbonyl (C=O) groups is 1. The van der Waals surface area contributed by atoms with Crippen molar-refractivity contribution in [2.24, 2.45) is 5.41 Å². The van der Waals surface area contributed by atoms with E-state index in [1.165, 1.54) is 80.9 Å². The summed E-state index contributed by atoms with van der Waals surface area (Å²) >= 11 is 0. The van der Waals surface area contributed by atoms with Gasteiger partial charge in [-0.1, -0.05) is 112 Å². The number of unbranched alkanes of at least 4 members (excludes halogenated alkanes) is 7. The van der Waals surface area contributed by atoms with E-state index < -0.39 is 0 Å². The molecule has 0 saturated heterocycles. The predicted octanol–water partition coefficient (Wildman–Crippen LogP) is 10.5. The minimum atomic E-state index is -0.0852. The fraction of sp³-hybridized carbons (Fsp3) is 0.618. The Morgan fingerprint density at radius 3 is 2.36 bits per heavy atom. The average molecular weight is 495 g/mol. The predicted molar refractivity (Wildman–Crippen MR) is 158 cm³/mol. The molecule has 0 atom stereocenters. The first-order valence-corrected chi connectivity index (χ1v) is 14.5. The summed E-state index contributed by atoms with van der Waals surface area (Å²) in [7, 11) is 0. The average Bonchev–Trinajstić information content (AvgIpc) is 2.82. The van der Waals surface area contributed by atoms with Gasteiger partial charge in [-0.25, -0.2) is 0 Å². The van der Waals surface area contributed by atoms with Crippen molar-refractivity contribution in [3.05, 3.63) is 70.9 Å². The summed E-state index contributed by atoms with van der Waals surface area (Å²) in [5.41, 5.74) is 5.63. The van der Waals surface area contributed by atoms with Gasteiger partial charge in [-0.15, -0.1) is 0 Å². The molecule has 1 aliphatic rings. The number of carbonyl (C=O) groups excluding carboxylic acids is 1. The van der Waals surface area contributed by atoms with E-state index in [4.69, 9.17) is 4.74 Å². The summed E-state index contributed by atoms with van der Waals surface area (Å²) in [6.07, 6.45) is 32.5. The highest BCUT2D eigenvalue weighted by Crippen LogP contribution is 2.40. The Balaban J connectivity index is 2.22. The van der Waals surface area contributed by atoms with E-state index in [0.29, 0.717) is 13.0 Å². The molecule has 0 aromatic rings. The second kappa shape index (κ2) is 19.1. The molecule has 0 heterocycles. The minimum Gasteiger partial charge on any atom is -0.461 e. The van der Waals surface area contributed by atoms with Gasteiger partial charge >= 0.3 is 5.97 Å². The number of hydrogen-bond acceptors (Lipinski definition) is 2. The first-order chi connectivity index (χ1) is 17.3. The standard InChI is InChI=1S/C34H54O2/c1-7-8-9-10-11-12-13-14-15-16-17-23-33(35)36-28-26-30(3)21-18-20-29(2)24-25-32-31(4)22-19-27-34(32,5)6/h10-11,18,20-21,24-26H,7-9,12-17,19,22-23,27-28H2,1-6H3/b11-10-,21-18+,25-24+,29-20+,30-26+. The van der Waals surface area contributed by atoms with Crippen molar-refractivity contribution >= 4 is 5.97 Å². The van der Waals surface area contributed by atoms with E-state index in [0.717, 1.165) is 18.4 Å². The molecule has 0 N–H and O–H groups in total. The molecule has 0 saturated carbocycles. The van der Waals surface area contributed by atoms with E-state index in [9.17, 15) is 4.79 Å². The van der Waals surface area contributed by atoms with Gasteiger partial charge in [0.1, 0.15) is 6.61 Å². The topological polar surface area (TPSA) is 26.3 Å². The molecule has 1 aliphatic carbocycles. The van der Waals surface area contributed by atoms with E-state index in [1.807, 2.05) is 13.0 Å². The van der Waals surface area contributed by atoms with Crippen molar-refractivity contribution in [1.82, 2.24) is 0 Å². The van der Waals surface area contributed by atoms with Gasteiger partial charge in [-0.05, 0) is 82.8 Å². The van der Waals surface area contributed by atoms with Crippen molar-refractivity contribution in [1.29, 1.82) is 0 Å². The molecule has 0 fully saturated rings. The number of rotatable bonds is 17. The molecule has 2 heteroatoms. The lowest BCUT2D eigenvalue weighted by Crippen LogP contribution is -2.19. The maximum absolute atomic E-state index is 12.0. The molecule has 0 radical (unpaired) electrons.